The Balaban J connectivity index is 1.02. The molecule has 3 aromatic rings. The second-order valence-electron chi connectivity index (χ2n) is 11.7. The van der Waals surface area contributed by atoms with Crippen LogP contribution in [0.4, 0.5) is 0 Å². The largest absolute Gasteiger partial charge is 0.494 e. The lowest BCUT2D eigenvalue weighted by molar-refractivity contribution is -0.140. The molecule has 1 aromatic heterocycles. The third kappa shape index (κ3) is 9.17. The minimum atomic E-state index is -0.219. The quantitative estimate of drug-likeness (QED) is 0.182. The summed E-state index contributed by atoms with van der Waals surface area (Å²) in [6.07, 6.45) is 10.7. The molecule has 5 rings (SSSR count). The van der Waals surface area contributed by atoms with Gasteiger partial charge in [-0.05, 0) is 81.4 Å². The monoisotopic (exact) mass is 573 g/mol. The summed E-state index contributed by atoms with van der Waals surface area (Å²) in [7, 11) is 1.42. The number of hydrogen-bond acceptors (Lipinski definition) is 7. The summed E-state index contributed by atoms with van der Waals surface area (Å²) < 4.78 is 17.3. The average molecular weight is 574 g/mol. The Labute approximate surface area is 251 Å². The molecule has 7 nitrogen and oxygen atoms in total. The lowest BCUT2D eigenvalue weighted by atomic mass is 10.1. The summed E-state index contributed by atoms with van der Waals surface area (Å²) in [5.41, 5.74) is 3.10. The zero-order valence-corrected chi connectivity index (χ0v) is 25.3. The van der Waals surface area contributed by atoms with Crippen LogP contribution in [-0.2, 0) is 22.4 Å². The Morgan fingerprint density at radius 1 is 0.857 bits per heavy atom. The molecule has 2 aliphatic rings. The number of ether oxygens (including phenoxy) is 3. The van der Waals surface area contributed by atoms with Crippen LogP contribution in [0.25, 0.3) is 10.9 Å². The number of aryl methyl sites for hydroxylation is 1. The first kappa shape index (κ1) is 30.3. The highest BCUT2D eigenvalue weighted by atomic mass is 16.5. The SMILES string of the molecule is COC(=O)CCc1ccc2cccc(OC3CCN(CCc4ccc(OCCCN5CCCCCC5)cc4)CC3)c2n1. The van der Waals surface area contributed by atoms with Crippen LogP contribution in [0.1, 0.15) is 62.6 Å². The van der Waals surface area contributed by atoms with Gasteiger partial charge in [-0.25, -0.2) is 4.98 Å². The Kier molecular flexibility index (Phi) is 11.5. The van der Waals surface area contributed by atoms with E-state index >= 15 is 0 Å². The molecule has 0 spiro atoms. The first-order valence-electron chi connectivity index (χ1n) is 15.9. The van der Waals surface area contributed by atoms with Crippen molar-refractivity contribution in [1.82, 2.24) is 14.8 Å². The van der Waals surface area contributed by atoms with E-state index in [9.17, 15) is 4.79 Å². The molecule has 2 fully saturated rings. The highest BCUT2D eigenvalue weighted by Gasteiger charge is 2.21. The second kappa shape index (κ2) is 15.9. The predicted molar refractivity (Wildman–Crippen MR) is 167 cm³/mol. The van der Waals surface area contributed by atoms with Crippen molar-refractivity contribution in [2.24, 2.45) is 0 Å². The van der Waals surface area contributed by atoms with Gasteiger partial charge in [-0.15, -0.1) is 0 Å². The van der Waals surface area contributed by atoms with Crippen molar-refractivity contribution in [2.75, 3.05) is 53.0 Å². The lowest BCUT2D eigenvalue weighted by Crippen LogP contribution is -2.39. The van der Waals surface area contributed by atoms with Gasteiger partial charge in [0.05, 0.1) is 20.1 Å². The maximum atomic E-state index is 11.6. The van der Waals surface area contributed by atoms with Crippen molar-refractivity contribution < 1.29 is 19.0 Å². The molecule has 0 saturated carbocycles. The number of nitrogens with zero attached hydrogens (tertiary/aromatic N) is 3. The van der Waals surface area contributed by atoms with Crippen molar-refractivity contribution in [2.45, 2.75) is 70.3 Å². The van der Waals surface area contributed by atoms with Crippen LogP contribution >= 0.6 is 0 Å². The zero-order valence-electron chi connectivity index (χ0n) is 25.3. The number of para-hydroxylation sites is 1. The first-order chi connectivity index (χ1) is 20.7. The summed E-state index contributed by atoms with van der Waals surface area (Å²) in [4.78, 5) is 21.5. The molecular weight excluding hydrogens is 526 g/mol. The number of fused-ring (bicyclic) bond motifs is 1. The van der Waals surface area contributed by atoms with E-state index in [1.54, 1.807) is 0 Å². The van der Waals surface area contributed by atoms with Gasteiger partial charge in [-0.3, -0.25) is 4.79 Å². The van der Waals surface area contributed by atoms with Crippen LogP contribution in [0.5, 0.6) is 11.5 Å². The van der Waals surface area contributed by atoms with Crippen molar-refractivity contribution in [1.29, 1.82) is 0 Å². The fourth-order valence-corrected chi connectivity index (χ4v) is 6.03. The van der Waals surface area contributed by atoms with E-state index in [0.29, 0.717) is 12.8 Å². The number of hydrogen-bond donors (Lipinski definition) is 0. The molecule has 7 heteroatoms. The van der Waals surface area contributed by atoms with Gasteiger partial charge in [0.15, 0.2) is 0 Å². The van der Waals surface area contributed by atoms with Crippen molar-refractivity contribution in [3.8, 4) is 11.5 Å². The number of benzene rings is 2. The van der Waals surface area contributed by atoms with Gasteiger partial charge >= 0.3 is 5.97 Å². The standard InChI is InChI=1S/C35H47N3O4/c1-40-34(39)17-14-30-13-12-29-8-6-9-33(35(29)36-30)42-32-19-25-38(26-20-32)24-18-28-10-15-31(16-11-28)41-27-7-23-37-21-4-2-3-5-22-37/h6,8-13,15-16,32H,2-5,7,14,17-27H2,1H3. The maximum Gasteiger partial charge on any atom is 0.305 e. The van der Waals surface area contributed by atoms with Gasteiger partial charge in [0.2, 0.25) is 0 Å². The number of carbonyl (C=O) groups is 1. The summed E-state index contributed by atoms with van der Waals surface area (Å²) in [5.74, 6) is 1.59. The maximum absolute atomic E-state index is 11.6. The molecular formula is C35H47N3O4. The Bertz CT molecular complexity index is 1250. The summed E-state index contributed by atoms with van der Waals surface area (Å²) >= 11 is 0. The number of likely N-dealkylation sites (tertiary alicyclic amines) is 2. The Morgan fingerprint density at radius 3 is 2.38 bits per heavy atom. The smallest absolute Gasteiger partial charge is 0.305 e. The average Bonchev–Trinajstić information content (AvgIpc) is 3.31. The molecule has 2 aromatic carbocycles. The predicted octanol–water partition coefficient (Wildman–Crippen LogP) is 6.07. The van der Waals surface area contributed by atoms with Crippen LogP contribution < -0.4 is 9.47 Å². The molecule has 3 heterocycles. The minimum absolute atomic E-state index is 0.183. The number of piperidine rings is 1. The van der Waals surface area contributed by atoms with E-state index in [2.05, 4.69) is 46.2 Å². The number of methoxy groups -OCH3 is 1. The molecule has 42 heavy (non-hydrogen) atoms. The first-order valence-corrected chi connectivity index (χ1v) is 15.9. The van der Waals surface area contributed by atoms with Gasteiger partial charge in [0, 0.05) is 43.7 Å². The molecule has 2 saturated heterocycles. The second-order valence-corrected chi connectivity index (χ2v) is 11.7. The third-order valence-corrected chi connectivity index (χ3v) is 8.61. The molecule has 2 aliphatic heterocycles. The van der Waals surface area contributed by atoms with Gasteiger partial charge in [0.1, 0.15) is 23.1 Å². The molecule has 0 aliphatic carbocycles. The zero-order chi connectivity index (χ0) is 29.0. The molecule has 0 bridgehead atoms. The lowest BCUT2D eigenvalue weighted by Gasteiger charge is -2.32. The van der Waals surface area contributed by atoms with E-state index in [-0.39, 0.29) is 12.1 Å². The van der Waals surface area contributed by atoms with E-state index < -0.39 is 0 Å². The van der Waals surface area contributed by atoms with Gasteiger partial charge < -0.3 is 24.0 Å². The number of esters is 1. The summed E-state index contributed by atoms with van der Waals surface area (Å²) in [6, 6.07) is 18.8. The van der Waals surface area contributed by atoms with Crippen molar-refractivity contribution in [3.63, 3.8) is 0 Å². The fraction of sp³-hybridized carbons (Fsp3) is 0.543. The molecule has 0 unspecified atom stereocenters. The van der Waals surface area contributed by atoms with Gasteiger partial charge in [-0.1, -0.05) is 43.2 Å². The molecule has 0 atom stereocenters. The van der Waals surface area contributed by atoms with Crippen LogP contribution in [0.2, 0.25) is 0 Å². The fourth-order valence-electron chi connectivity index (χ4n) is 6.03. The number of aromatic nitrogens is 1. The van der Waals surface area contributed by atoms with Crippen LogP contribution in [0, 0.1) is 0 Å². The van der Waals surface area contributed by atoms with E-state index in [0.717, 1.165) is 86.6 Å². The van der Waals surface area contributed by atoms with Gasteiger partial charge in [-0.2, -0.15) is 0 Å². The molecule has 226 valence electrons. The van der Waals surface area contributed by atoms with E-state index in [1.807, 2.05) is 18.2 Å². The number of carbonyl (C=O) groups excluding carboxylic acids is 1. The van der Waals surface area contributed by atoms with E-state index in [1.165, 1.54) is 51.4 Å². The summed E-state index contributed by atoms with van der Waals surface area (Å²) in [5, 5.41) is 1.05. The van der Waals surface area contributed by atoms with Crippen molar-refractivity contribution >= 4 is 16.9 Å². The van der Waals surface area contributed by atoms with Crippen LogP contribution in [-0.4, -0.2) is 79.8 Å². The summed E-state index contributed by atoms with van der Waals surface area (Å²) in [6.45, 7) is 7.57. The topological polar surface area (TPSA) is 64.1 Å². The third-order valence-electron chi connectivity index (χ3n) is 8.61. The highest BCUT2D eigenvalue weighted by Crippen LogP contribution is 2.27. The van der Waals surface area contributed by atoms with Gasteiger partial charge in [0.25, 0.3) is 0 Å². The molecule has 0 amide bonds. The van der Waals surface area contributed by atoms with Crippen LogP contribution in [0.15, 0.2) is 54.6 Å². The highest BCUT2D eigenvalue weighted by molar-refractivity contribution is 5.84. The minimum Gasteiger partial charge on any atom is -0.494 e. The number of pyridine rings is 1. The normalized spacial score (nSPS) is 17.2. The van der Waals surface area contributed by atoms with Crippen molar-refractivity contribution in [3.05, 3.63) is 65.9 Å². The molecule has 0 radical (unpaired) electrons. The Hall–Kier alpha value is -3.16. The van der Waals surface area contributed by atoms with Crippen LogP contribution in [0.3, 0.4) is 0 Å². The van der Waals surface area contributed by atoms with E-state index in [4.69, 9.17) is 19.2 Å². The molecule has 0 N–H and O–H groups in total. The number of rotatable bonds is 13. The Morgan fingerprint density at radius 2 is 1.62 bits per heavy atom.